The predicted octanol–water partition coefficient (Wildman–Crippen LogP) is 1.31. The highest BCUT2D eigenvalue weighted by molar-refractivity contribution is 5.89. The first-order valence-electron chi connectivity index (χ1n) is 6.27. The minimum absolute atomic E-state index is 0.120. The molecular weight excluding hydrogens is 276 g/mol. The molecule has 0 aliphatic carbocycles. The van der Waals surface area contributed by atoms with Crippen molar-refractivity contribution in [2.45, 2.75) is 12.5 Å². The fourth-order valence-electron chi connectivity index (χ4n) is 2.12. The number of aromatic nitrogens is 1. The molecule has 0 unspecified atom stereocenters. The number of carbonyl (C=O) groups is 2. The van der Waals surface area contributed by atoms with E-state index < -0.39 is 18.1 Å². The zero-order valence-electron chi connectivity index (χ0n) is 11.7. The Morgan fingerprint density at radius 3 is 2.76 bits per heavy atom. The number of ether oxygens (including phenoxy) is 2. The Balaban J connectivity index is 2.28. The smallest absolute Gasteiger partial charge is 0.407 e. The number of esters is 1. The van der Waals surface area contributed by atoms with Crippen LogP contribution in [0.25, 0.3) is 10.9 Å². The Bertz CT molecular complexity index is 664. The van der Waals surface area contributed by atoms with Gasteiger partial charge in [-0.05, 0) is 11.6 Å². The molecule has 1 aromatic heterocycles. The Morgan fingerprint density at radius 1 is 1.33 bits per heavy atom. The largest absolute Gasteiger partial charge is 0.506 e. The third-order valence-corrected chi connectivity index (χ3v) is 3.17. The third kappa shape index (κ3) is 3.07. The maximum Gasteiger partial charge on any atom is 0.407 e. The summed E-state index contributed by atoms with van der Waals surface area (Å²) in [5, 5.41) is 12.9. The van der Waals surface area contributed by atoms with Gasteiger partial charge in [0.2, 0.25) is 0 Å². The summed E-state index contributed by atoms with van der Waals surface area (Å²) in [6.45, 7) is 0. The molecule has 2 aromatic rings. The van der Waals surface area contributed by atoms with Gasteiger partial charge in [0.05, 0.1) is 19.7 Å². The molecule has 0 saturated heterocycles. The summed E-state index contributed by atoms with van der Waals surface area (Å²) in [5.41, 5.74) is 1.35. The molecule has 1 amide bonds. The standard InChI is InChI=1S/C14H16N2O5/c1-20-13(18)10(16-14(19)21-2)6-8-7-15-12-9(8)4-3-5-11(12)17/h3-5,7,10,15,17H,6H2,1-2H3,(H,16,19)/t10-/m1/s1. The fourth-order valence-corrected chi connectivity index (χ4v) is 2.12. The number of rotatable bonds is 4. The monoisotopic (exact) mass is 292 g/mol. The van der Waals surface area contributed by atoms with E-state index in [0.29, 0.717) is 5.52 Å². The summed E-state index contributed by atoms with van der Waals surface area (Å²) >= 11 is 0. The van der Waals surface area contributed by atoms with Crippen LogP contribution in [0, 0.1) is 0 Å². The lowest BCUT2D eigenvalue weighted by atomic mass is 10.0. The number of nitrogens with one attached hydrogen (secondary N) is 2. The number of aromatic amines is 1. The van der Waals surface area contributed by atoms with Crippen LogP contribution in [0.1, 0.15) is 5.56 Å². The normalized spacial score (nSPS) is 11.9. The van der Waals surface area contributed by atoms with Crippen LogP contribution in [0.4, 0.5) is 4.79 Å². The Morgan fingerprint density at radius 2 is 2.10 bits per heavy atom. The van der Waals surface area contributed by atoms with Crippen molar-refractivity contribution >= 4 is 23.0 Å². The number of phenolic OH excluding ortho intramolecular Hbond substituents is 1. The minimum atomic E-state index is -0.871. The van der Waals surface area contributed by atoms with Gasteiger partial charge in [0.1, 0.15) is 11.8 Å². The van der Waals surface area contributed by atoms with Crippen molar-refractivity contribution in [2.24, 2.45) is 0 Å². The highest BCUT2D eigenvalue weighted by Gasteiger charge is 2.23. The van der Waals surface area contributed by atoms with Crippen LogP contribution in [-0.2, 0) is 20.7 Å². The van der Waals surface area contributed by atoms with Crippen molar-refractivity contribution in [3.8, 4) is 5.75 Å². The molecule has 3 N–H and O–H groups in total. The number of carbonyl (C=O) groups excluding carboxylic acids is 2. The van der Waals surface area contributed by atoms with Gasteiger partial charge >= 0.3 is 12.1 Å². The first-order valence-corrected chi connectivity index (χ1v) is 6.27. The number of fused-ring (bicyclic) bond motifs is 1. The topological polar surface area (TPSA) is 101 Å². The van der Waals surface area contributed by atoms with Gasteiger partial charge in [0, 0.05) is 18.0 Å². The zero-order chi connectivity index (χ0) is 15.4. The second-order valence-electron chi connectivity index (χ2n) is 4.43. The lowest BCUT2D eigenvalue weighted by molar-refractivity contribution is -0.142. The zero-order valence-corrected chi connectivity index (χ0v) is 11.7. The second-order valence-corrected chi connectivity index (χ2v) is 4.43. The summed E-state index contributed by atoms with van der Waals surface area (Å²) in [6.07, 6.45) is 1.18. The van der Waals surface area contributed by atoms with E-state index in [1.807, 2.05) is 6.07 Å². The van der Waals surface area contributed by atoms with Crippen molar-refractivity contribution in [3.05, 3.63) is 30.0 Å². The lowest BCUT2D eigenvalue weighted by Gasteiger charge is -2.15. The Kier molecular flexibility index (Phi) is 4.32. The van der Waals surface area contributed by atoms with E-state index >= 15 is 0 Å². The first kappa shape index (κ1) is 14.7. The fraction of sp³-hybridized carbons (Fsp3) is 0.286. The van der Waals surface area contributed by atoms with Crippen LogP contribution < -0.4 is 5.32 Å². The van der Waals surface area contributed by atoms with Crippen molar-refractivity contribution in [3.63, 3.8) is 0 Å². The molecule has 0 spiro atoms. The number of methoxy groups -OCH3 is 2. The van der Waals surface area contributed by atoms with Crippen molar-refractivity contribution in [1.82, 2.24) is 10.3 Å². The highest BCUT2D eigenvalue weighted by atomic mass is 16.5. The van der Waals surface area contributed by atoms with E-state index in [1.165, 1.54) is 14.2 Å². The van der Waals surface area contributed by atoms with Gasteiger partial charge in [0.25, 0.3) is 0 Å². The van der Waals surface area contributed by atoms with Crippen molar-refractivity contribution in [2.75, 3.05) is 14.2 Å². The summed E-state index contributed by atoms with van der Waals surface area (Å²) in [5.74, 6) is -0.454. The predicted molar refractivity (Wildman–Crippen MR) is 75.0 cm³/mol. The molecule has 0 aliphatic rings. The molecule has 0 bridgehead atoms. The molecule has 2 rings (SSSR count). The Labute approximate surface area is 120 Å². The average molecular weight is 292 g/mol. The molecule has 1 aromatic carbocycles. The van der Waals surface area contributed by atoms with E-state index in [9.17, 15) is 14.7 Å². The van der Waals surface area contributed by atoms with Crippen molar-refractivity contribution < 1.29 is 24.2 Å². The molecular formula is C14H16N2O5. The van der Waals surface area contributed by atoms with Crippen LogP contribution in [-0.4, -0.2) is 42.4 Å². The minimum Gasteiger partial charge on any atom is -0.506 e. The van der Waals surface area contributed by atoms with E-state index in [2.05, 4.69) is 19.8 Å². The van der Waals surface area contributed by atoms with Crippen LogP contribution in [0.15, 0.2) is 24.4 Å². The van der Waals surface area contributed by atoms with E-state index in [-0.39, 0.29) is 12.2 Å². The number of hydrogen-bond acceptors (Lipinski definition) is 5. The van der Waals surface area contributed by atoms with Gasteiger partial charge in [-0.1, -0.05) is 12.1 Å². The van der Waals surface area contributed by atoms with Gasteiger partial charge in [-0.15, -0.1) is 0 Å². The van der Waals surface area contributed by atoms with Gasteiger partial charge < -0.3 is 24.9 Å². The van der Waals surface area contributed by atoms with Gasteiger partial charge in [0.15, 0.2) is 0 Å². The van der Waals surface area contributed by atoms with Gasteiger partial charge in [-0.25, -0.2) is 9.59 Å². The van der Waals surface area contributed by atoms with Crippen LogP contribution in [0.5, 0.6) is 5.75 Å². The van der Waals surface area contributed by atoms with Gasteiger partial charge in [-0.2, -0.15) is 0 Å². The number of H-pyrrole nitrogens is 1. The molecule has 21 heavy (non-hydrogen) atoms. The average Bonchev–Trinajstić information content (AvgIpc) is 2.90. The summed E-state index contributed by atoms with van der Waals surface area (Å²) in [6, 6.07) is 4.21. The van der Waals surface area contributed by atoms with Crippen LogP contribution in [0.3, 0.4) is 0 Å². The Hall–Kier alpha value is -2.70. The molecule has 1 atom stereocenters. The third-order valence-electron chi connectivity index (χ3n) is 3.17. The first-order chi connectivity index (χ1) is 10.1. The number of phenols is 1. The number of amides is 1. The molecule has 0 radical (unpaired) electrons. The lowest BCUT2D eigenvalue weighted by Crippen LogP contribution is -2.42. The SMILES string of the molecule is COC(=O)N[C@H](Cc1c[nH]c2c(O)cccc12)C(=O)OC. The number of aromatic hydroxyl groups is 1. The van der Waals surface area contributed by atoms with Crippen LogP contribution in [0.2, 0.25) is 0 Å². The molecule has 0 fully saturated rings. The summed E-state index contributed by atoms with van der Waals surface area (Å²) < 4.78 is 9.17. The maximum absolute atomic E-state index is 11.7. The van der Waals surface area contributed by atoms with E-state index in [4.69, 9.17) is 0 Å². The molecule has 0 saturated carbocycles. The highest BCUT2D eigenvalue weighted by Crippen LogP contribution is 2.26. The molecule has 0 aliphatic heterocycles. The number of alkyl carbamates (subject to hydrolysis) is 1. The van der Waals surface area contributed by atoms with E-state index in [1.54, 1.807) is 18.3 Å². The van der Waals surface area contributed by atoms with E-state index in [0.717, 1.165) is 10.9 Å². The van der Waals surface area contributed by atoms with Gasteiger partial charge in [-0.3, -0.25) is 0 Å². The number of hydrogen-bond donors (Lipinski definition) is 3. The molecule has 7 nitrogen and oxygen atoms in total. The van der Waals surface area contributed by atoms with Crippen molar-refractivity contribution in [1.29, 1.82) is 0 Å². The number of benzene rings is 1. The molecule has 112 valence electrons. The second kappa shape index (κ2) is 6.17. The van der Waals surface area contributed by atoms with Crippen LogP contribution >= 0.6 is 0 Å². The molecule has 1 heterocycles. The number of para-hydroxylation sites is 1. The quantitative estimate of drug-likeness (QED) is 0.738. The maximum atomic E-state index is 11.7. The summed E-state index contributed by atoms with van der Waals surface area (Å²) in [7, 11) is 2.46. The molecule has 7 heteroatoms. The summed E-state index contributed by atoms with van der Waals surface area (Å²) in [4.78, 5) is 26.0.